The Morgan fingerprint density at radius 3 is 2.87 bits per heavy atom. The van der Waals surface area contributed by atoms with Gasteiger partial charge in [-0.2, -0.15) is 5.10 Å². The summed E-state index contributed by atoms with van der Waals surface area (Å²) in [7, 11) is 0. The monoisotopic (exact) mass is 222 g/mol. The molecule has 2 aromatic rings. The Kier molecular flexibility index (Phi) is 2.60. The molecule has 0 saturated heterocycles. The third-order valence-corrected chi connectivity index (χ3v) is 2.30. The van der Waals surface area contributed by atoms with E-state index < -0.39 is 0 Å². The van der Waals surface area contributed by atoms with E-state index in [4.69, 9.17) is 17.3 Å². The fourth-order valence-electron chi connectivity index (χ4n) is 1.35. The van der Waals surface area contributed by atoms with E-state index in [9.17, 15) is 0 Å². The maximum atomic E-state index is 5.83. The van der Waals surface area contributed by atoms with Gasteiger partial charge < -0.3 is 5.73 Å². The fraction of sp³-hybridized carbons (Fsp3) is 0.200. The largest absolute Gasteiger partial charge is 0.382 e. The third kappa shape index (κ3) is 2.27. The second-order valence-corrected chi connectivity index (χ2v) is 3.84. The summed E-state index contributed by atoms with van der Waals surface area (Å²) in [6, 6.07) is 1.86. The van der Waals surface area contributed by atoms with Crippen LogP contribution in [0.25, 0.3) is 0 Å². The maximum Gasteiger partial charge on any atom is 0.148 e. The van der Waals surface area contributed by atoms with Crippen molar-refractivity contribution >= 4 is 17.4 Å². The molecule has 15 heavy (non-hydrogen) atoms. The Balaban J connectivity index is 2.22. The number of pyridine rings is 1. The Labute approximate surface area is 92.7 Å². The summed E-state index contributed by atoms with van der Waals surface area (Å²) in [6.07, 6.45) is 5.27. The first-order valence-corrected chi connectivity index (χ1v) is 4.92. The number of nitrogen functional groups attached to an aromatic ring is 1. The van der Waals surface area contributed by atoms with Crippen molar-refractivity contribution in [1.82, 2.24) is 14.8 Å². The lowest BCUT2D eigenvalue weighted by molar-refractivity contribution is 0.687. The molecule has 0 amide bonds. The summed E-state index contributed by atoms with van der Waals surface area (Å²) in [5.41, 5.74) is 7.63. The third-order valence-electron chi connectivity index (χ3n) is 2.09. The van der Waals surface area contributed by atoms with Crippen LogP contribution in [0.4, 0.5) is 5.82 Å². The van der Waals surface area contributed by atoms with Gasteiger partial charge in [0.25, 0.3) is 0 Å². The molecule has 2 aromatic heterocycles. The highest BCUT2D eigenvalue weighted by atomic mass is 35.5. The molecule has 0 radical (unpaired) electrons. The number of hydrogen-bond acceptors (Lipinski definition) is 3. The molecule has 2 rings (SSSR count). The van der Waals surface area contributed by atoms with E-state index in [1.54, 1.807) is 17.1 Å². The number of nitrogens with two attached hydrogens (primary N) is 1. The standard InChI is InChI=1S/C10H11ClN4/c1-7-5-15(14-10(7)12)6-8-2-9(11)4-13-3-8/h2-5H,6H2,1H3,(H2,12,14). The van der Waals surface area contributed by atoms with Crippen molar-refractivity contribution in [3.05, 3.63) is 40.8 Å². The van der Waals surface area contributed by atoms with Gasteiger partial charge in [-0.05, 0) is 18.6 Å². The molecule has 0 bridgehead atoms. The Morgan fingerprint density at radius 2 is 2.27 bits per heavy atom. The van der Waals surface area contributed by atoms with E-state index >= 15 is 0 Å². The van der Waals surface area contributed by atoms with E-state index in [-0.39, 0.29) is 0 Å². The van der Waals surface area contributed by atoms with E-state index in [0.29, 0.717) is 17.4 Å². The van der Waals surface area contributed by atoms with Gasteiger partial charge in [0.1, 0.15) is 5.82 Å². The second-order valence-electron chi connectivity index (χ2n) is 3.41. The molecule has 78 valence electrons. The van der Waals surface area contributed by atoms with Crippen molar-refractivity contribution in [2.75, 3.05) is 5.73 Å². The number of halogens is 1. The minimum Gasteiger partial charge on any atom is -0.382 e. The van der Waals surface area contributed by atoms with Crippen molar-refractivity contribution in [3.63, 3.8) is 0 Å². The van der Waals surface area contributed by atoms with Crippen molar-refractivity contribution in [3.8, 4) is 0 Å². The average molecular weight is 223 g/mol. The Morgan fingerprint density at radius 1 is 1.47 bits per heavy atom. The van der Waals surface area contributed by atoms with Gasteiger partial charge in [-0.3, -0.25) is 9.67 Å². The lowest BCUT2D eigenvalue weighted by atomic mass is 10.3. The normalized spacial score (nSPS) is 10.5. The Bertz CT molecular complexity index is 459. The van der Waals surface area contributed by atoms with Gasteiger partial charge in [-0.25, -0.2) is 0 Å². The molecule has 5 heteroatoms. The van der Waals surface area contributed by atoms with E-state index in [1.165, 1.54) is 0 Å². The quantitative estimate of drug-likeness (QED) is 0.844. The lowest BCUT2D eigenvalue weighted by Crippen LogP contribution is -2.01. The highest BCUT2D eigenvalue weighted by Crippen LogP contribution is 2.11. The van der Waals surface area contributed by atoms with Crippen LogP contribution in [-0.4, -0.2) is 14.8 Å². The highest BCUT2D eigenvalue weighted by Gasteiger charge is 2.02. The van der Waals surface area contributed by atoms with Crippen LogP contribution < -0.4 is 5.73 Å². The number of aromatic nitrogens is 3. The summed E-state index contributed by atoms with van der Waals surface area (Å²) in [6.45, 7) is 2.56. The predicted molar refractivity (Wildman–Crippen MR) is 59.7 cm³/mol. The maximum absolute atomic E-state index is 5.83. The summed E-state index contributed by atoms with van der Waals surface area (Å²) in [5.74, 6) is 0.560. The van der Waals surface area contributed by atoms with Gasteiger partial charge in [0.05, 0.1) is 11.6 Å². The summed E-state index contributed by atoms with van der Waals surface area (Å²) < 4.78 is 1.78. The average Bonchev–Trinajstić information content (AvgIpc) is 2.45. The first-order chi connectivity index (χ1) is 7.15. The zero-order valence-electron chi connectivity index (χ0n) is 8.31. The van der Waals surface area contributed by atoms with Gasteiger partial charge in [0.2, 0.25) is 0 Å². The first kappa shape index (κ1) is 9.98. The zero-order chi connectivity index (χ0) is 10.8. The van der Waals surface area contributed by atoms with Crippen LogP contribution in [0.5, 0.6) is 0 Å². The van der Waals surface area contributed by atoms with Gasteiger partial charge in [0.15, 0.2) is 0 Å². The number of anilines is 1. The number of aryl methyl sites for hydroxylation is 1. The fourth-order valence-corrected chi connectivity index (χ4v) is 1.54. The summed E-state index contributed by atoms with van der Waals surface area (Å²) in [4.78, 5) is 4.01. The molecule has 2 heterocycles. The summed E-state index contributed by atoms with van der Waals surface area (Å²) in [5, 5.41) is 4.79. The Hall–Kier alpha value is -1.55. The van der Waals surface area contributed by atoms with Gasteiger partial charge in [-0.15, -0.1) is 0 Å². The van der Waals surface area contributed by atoms with Gasteiger partial charge in [0, 0.05) is 24.2 Å². The molecule has 0 spiro atoms. The molecule has 0 unspecified atom stereocenters. The second kappa shape index (κ2) is 3.90. The van der Waals surface area contributed by atoms with Crippen molar-refractivity contribution in [2.24, 2.45) is 0 Å². The first-order valence-electron chi connectivity index (χ1n) is 4.54. The lowest BCUT2D eigenvalue weighted by Gasteiger charge is -2.01. The van der Waals surface area contributed by atoms with Crippen molar-refractivity contribution < 1.29 is 0 Å². The highest BCUT2D eigenvalue weighted by molar-refractivity contribution is 6.30. The molecule has 0 saturated carbocycles. The van der Waals surface area contributed by atoms with Gasteiger partial charge in [-0.1, -0.05) is 11.6 Å². The van der Waals surface area contributed by atoms with E-state index in [1.807, 2.05) is 19.2 Å². The van der Waals surface area contributed by atoms with E-state index in [0.717, 1.165) is 11.1 Å². The van der Waals surface area contributed by atoms with Crippen LogP contribution in [0.1, 0.15) is 11.1 Å². The summed E-state index contributed by atoms with van der Waals surface area (Å²) >= 11 is 5.83. The molecule has 0 aliphatic heterocycles. The van der Waals surface area contributed by atoms with E-state index in [2.05, 4.69) is 10.1 Å². The molecule has 0 aliphatic carbocycles. The van der Waals surface area contributed by atoms with Crippen molar-refractivity contribution in [2.45, 2.75) is 13.5 Å². The van der Waals surface area contributed by atoms with Gasteiger partial charge >= 0.3 is 0 Å². The molecule has 2 N–H and O–H groups in total. The molecule has 4 nitrogen and oxygen atoms in total. The number of hydrogen-bond donors (Lipinski definition) is 1. The minimum atomic E-state index is 0.560. The molecule has 0 fully saturated rings. The van der Waals surface area contributed by atoms with Crippen LogP contribution >= 0.6 is 11.6 Å². The van der Waals surface area contributed by atoms with Crippen LogP contribution in [-0.2, 0) is 6.54 Å². The smallest absolute Gasteiger partial charge is 0.148 e. The van der Waals surface area contributed by atoms with Crippen molar-refractivity contribution in [1.29, 1.82) is 0 Å². The SMILES string of the molecule is Cc1cn(Cc2cncc(Cl)c2)nc1N. The number of rotatable bonds is 2. The minimum absolute atomic E-state index is 0.560. The number of nitrogens with zero attached hydrogens (tertiary/aromatic N) is 3. The zero-order valence-corrected chi connectivity index (χ0v) is 9.07. The van der Waals surface area contributed by atoms with Crippen LogP contribution in [0.3, 0.4) is 0 Å². The topological polar surface area (TPSA) is 56.7 Å². The van der Waals surface area contributed by atoms with Crippen LogP contribution in [0.2, 0.25) is 5.02 Å². The predicted octanol–water partition coefficient (Wildman–Crippen LogP) is 1.87. The molecule has 0 aromatic carbocycles. The molecular weight excluding hydrogens is 212 g/mol. The molecule has 0 aliphatic rings. The van der Waals surface area contributed by atoms with Crippen LogP contribution in [0.15, 0.2) is 24.7 Å². The van der Waals surface area contributed by atoms with Crippen LogP contribution in [0, 0.1) is 6.92 Å². The molecule has 0 atom stereocenters. The molecular formula is C10H11ClN4.